The number of halogens is 3. The zero-order valence-corrected chi connectivity index (χ0v) is 15.3. The smallest absolute Gasteiger partial charge is 0.415 e. The van der Waals surface area contributed by atoms with E-state index in [1.165, 1.54) is 13.1 Å². The highest BCUT2D eigenvalue weighted by molar-refractivity contribution is 6.31. The van der Waals surface area contributed by atoms with Gasteiger partial charge >= 0.3 is 12.1 Å². The van der Waals surface area contributed by atoms with Gasteiger partial charge in [0.25, 0.3) is 5.91 Å². The molecule has 1 saturated heterocycles. The first-order valence-corrected chi connectivity index (χ1v) is 8.00. The zero-order valence-electron chi connectivity index (χ0n) is 14.6. The van der Waals surface area contributed by atoms with Gasteiger partial charge in [-0.25, -0.2) is 23.3 Å². The SMILES string of the molecule is CN(C(=O)C1CN(C(=O)O)C(=O)N1)c1cc(C(C)(C)C)c(F)c(Cl)c1F. The average Bonchev–Trinajstić information content (AvgIpc) is 2.92. The number of hydrogen-bond donors (Lipinski definition) is 2. The van der Waals surface area contributed by atoms with Crippen LogP contribution in [-0.4, -0.2) is 47.7 Å². The monoisotopic (exact) mass is 389 g/mol. The Morgan fingerprint density at radius 2 is 1.92 bits per heavy atom. The molecule has 1 atom stereocenters. The fourth-order valence-corrected chi connectivity index (χ4v) is 2.77. The second kappa shape index (κ2) is 6.71. The molecule has 1 aliphatic heterocycles. The largest absolute Gasteiger partial charge is 0.465 e. The number of hydrogen-bond acceptors (Lipinski definition) is 3. The number of likely N-dealkylation sites (N-methyl/N-ethyl adjacent to an activating group) is 1. The van der Waals surface area contributed by atoms with E-state index in [0.29, 0.717) is 4.90 Å². The maximum absolute atomic E-state index is 14.5. The van der Waals surface area contributed by atoms with Gasteiger partial charge in [0.05, 0.1) is 12.2 Å². The molecule has 7 nitrogen and oxygen atoms in total. The average molecular weight is 390 g/mol. The van der Waals surface area contributed by atoms with Crippen molar-refractivity contribution in [2.45, 2.75) is 32.2 Å². The quantitative estimate of drug-likeness (QED) is 0.761. The van der Waals surface area contributed by atoms with E-state index in [-0.39, 0.29) is 11.3 Å². The summed E-state index contributed by atoms with van der Waals surface area (Å²) < 4.78 is 28.7. The van der Waals surface area contributed by atoms with Crippen LogP contribution in [0.4, 0.5) is 24.1 Å². The zero-order chi connectivity index (χ0) is 20.0. The molecule has 0 radical (unpaired) electrons. The van der Waals surface area contributed by atoms with Crippen molar-refractivity contribution in [3.05, 3.63) is 28.3 Å². The lowest BCUT2D eigenvalue weighted by Crippen LogP contribution is -2.44. The number of imide groups is 1. The molecule has 0 aliphatic carbocycles. The first kappa shape index (κ1) is 19.9. The molecule has 0 bridgehead atoms. The van der Waals surface area contributed by atoms with Gasteiger partial charge in [-0.05, 0) is 17.0 Å². The van der Waals surface area contributed by atoms with E-state index < -0.39 is 52.7 Å². The Hall–Kier alpha value is -2.42. The minimum Gasteiger partial charge on any atom is -0.465 e. The predicted octanol–water partition coefficient (Wildman–Crippen LogP) is 2.95. The van der Waals surface area contributed by atoms with Gasteiger partial charge in [-0.2, -0.15) is 0 Å². The van der Waals surface area contributed by atoms with Crippen molar-refractivity contribution in [1.82, 2.24) is 10.2 Å². The van der Waals surface area contributed by atoms with Gasteiger partial charge < -0.3 is 15.3 Å². The molecule has 0 aromatic heterocycles. The van der Waals surface area contributed by atoms with Gasteiger partial charge in [0.15, 0.2) is 5.82 Å². The Kier molecular flexibility index (Phi) is 5.14. The summed E-state index contributed by atoms with van der Waals surface area (Å²) in [4.78, 5) is 36.4. The third kappa shape index (κ3) is 3.44. The molecule has 1 fully saturated rings. The Morgan fingerprint density at radius 1 is 1.35 bits per heavy atom. The molecular weight excluding hydrogens is 372 g/mol. The molecule has 1 aromatic rings. The van der Waals surface area contributed by atoms with Crippen molar-refractivity contribution >= 4 is 35.3 Å². The maximum Gasteiger partial charge on any atom is 0.415 e. The molecule has 10 heteroatoms. The Balaban J connectivity index is 2.39. The van der Waals surface area contributed by atoms with Crippen LogP contribution in [0.3, 0.4) is 0 Å². The third-order valence-corrected chi connectivity index (χ3v) is 4.40. The van der Waals surface area contributed by atoms with Crippen LogP contribution in [0.5, 0.6) is 0 Å². The summed E-state index contributed by atoms with van der Waals surface area (Å²) in [7, 11) is 1.23. The van der Waals surface area contributed by atoms with Crippen LogP contribution < -0.4 is 10.2 Å². The summed E-state index contributed by atoms with van der Waals surface area (Å²) in [6.07, 6.45) is -1.51. The number of nitrogens with one attached hydrogen (secondary N) is 1. The highest BCUT2D eigenvalue weighted by Crippen LogP contribution is 2.36. The number of amides is 4. The first-order chi connectivity index (χ1) is 11.9. The minimum atomic E-state index is -1.51. The molecule has 1 aromatic carbocycles. The van der Waals surface area contributed by atoms with Crippen molar-refractivity contribution in [3.8, 4) is 0 Å². The number of urea groups is 1. The van der Waals surface area contributed by atoms with Gasteiger partial charge in [0, 0.05) is 7.05 Å². The van der Waals surface area contributed by atoms with E-state index in [2.05, 4.69) is 5.32 Å². The highest BCUT2D eigenvalue weighted by atomic mass is 35.5. The number of nitrogens with zero attached hydrogens (tertiary/aromatic N) is 2. The molecule has 1 aliphatic rings. The lowest BCUT2D eigenvalue weighted by Gasteiger charge is -2.26. The Bertz CT molecular complexity index is 795. The summed E-state index contributed by atoms with van der Waals surface area (Å²) >= 11 is 5.75. The topological polar surface area (TPSA) is 90.0 Å². The number of carboxylic acid groups (broad SMARTS) is 1. The highest BCUT2D eigenvalue weighted by Gasteiger charge is 2.39. The van der Waals surface area contributed by atoms with Crippen molar-refractivity contribution in [2.24, 2.45) is 0 Å². The molecular formula is C16H18ClF2N3O4. The van der Waals surface area contributed by atoms with E-state index in [9.17, 15) is 23.2 Å². The van der Waals surface area contributed by atoms with Crippen LogP contribution in [0.2, 0.25) is 5.02 Å². The molecule has 142 valence electrons. The number of carbonyl (C=O) groups is 3. The van der Waals surface area contributed by atoms with Crippen LogP contribution in [-0.2, 0) is 10.2 Å². The fraction of sp³-hybridized carbons (Fsp3) is 0.438. The number of anilines is 1. The van der Waals surface area contributed by atoms with Crippen LogP contribution in [0.15, 0.2) is 6.07 Å². The summed E-state index contributed by atoms with van der Waals surface area (Å²) in [5, 5.41) is 10.4. The minimum absolute atomic E-state index is 0.112. The molecule has 0 saturated carbocycles. The molecule has 2 rings (SSSR count). The molecule has 4 amide bonds. The Labute approximate surface area is 153 Å². The number of rotatable bonds is 2. The van der Waals surface area contributed by atoms with E-state index >= 15 is 0 Å². The van der Waals surface area contributed by atoms with Crippen molar-refractivity contribution < 1.29 is 28.3 Å². The van der Waals surface area contributed by atoms with E-state index in [0.717, 1.165) is 4.90 Å². The lowest BCUT2D eigenvalue weighted by molar-refractivity contribution is -0.119. The summed E-state index contributed by atoms with van der Waals surface area (Å²) in [6, 6.07) is -0.956. The first-order valence-electron chi connectivity index (χ1n) is 7.62. The summed E-state index contributed by atoms with van der Waals surface area (Å²) in [5.74, 6) is -2.79. The standard InChI is InChI=1S/C16H18ClF2N3O4/c1-16(2,3)7-5-9(12(19)10(17)11(7)18)21(4)13(23)8-6-22(15(25)26)14(24)20-8/h5,8H,6H2,1-4H3,(H,20,24)(H,25,26). The predicted molar refractivity (Wildman–Crippen MR) is 90.5 cm³/mol. The normalized spacial score (nSPS) is 17.3. The van der Waals surface area contributed by atoms with Gasteiger partial charge in [-0.15, -0.1) is 0 Å². The van der Waals surface area contributed by atoms with Gasteiger partial charge in [0.2, 0.25) is 0 Å². The van der Waals surface area contributed by atoms with Crippen LogP contribution in [0.1, 0.15) is 26.3 Å². The van der Waals surface area contributed by atoms with E-state index in [1.54, 1.807) is 20.8 Å². The van der Waals surface area contributed by atoms with Crippen LogP contribution in [0, 0.1) is 11.6 Å². The van der Waals surface area contributed by atoms with Crippen molar-refractivity contribution in [1.29, 1.82) is 0 Å². The van der Waals surface area contributed by atoms with E-state index in [1.807, 2.05) is 0 Å². The molecule has 1 heterocycles. The summed E-state index contributed by atoms with van der Waals surface area (Å²) in [6.45, 7) is 4.69. The van der Waals surface area contributed by atoms with Crippen LogP contribution in [0.25, 0.3) is 0 Å². The second-order valence-corrected chi connectivity index (χ2v) is 7.31. The third-order valence-electron chi connectivity index (χ3n) is 4.06. The maximum atomic E-state index is 14.5. The summed E-state index contributed by atoms with van der Waals surface area (Å²) in [5.41, 5.74) is -0.864. The van der Waals surface area contributed by atoms with E-state index in [4.69, 9.17) is 16.7 Å². The van der Waals surface area contributed by atoms with Crippen molar-refractivity contribution in [2.75, 3.05) is 18.5 Å². The number of benzene rings is 1. The molecule has 1 unspecified atom stereocenters. The molecule has 26 heavy (non-hydrogen) atoms. The van der Waals surface area contributed by atoms with Gasteiger partial charge in [-0.1, -0.05) is 32.4 Å². The number of carbonyl (C=O) groups excluding carboxylic acids is 2. The molecule has 0 spiro atoms. The second-order valence-electron chi connectivity index (χ2n) is 6.93. The fourth-order valence-electron chi connectivity index (χ4n) is 2.58. The lowest BCUT2D eigenvalue weighted by atomic mass is 9.86. The van der Waals surface area contributed by atoms with Crippen molar-refractivity contribution in [3.63, 3.8) is 0 Å². The Morgan fingerprint density at radius 3 is 2.38 bits per heavy atom. The molecule has 2 N–H and O–H groups in total. The van der Waals surface area contributed by atoms with Gasteiger partial charge in [-0.3, -0.25) is 4.79 Å². The van der Waals surface area contributed by atoms with Crippen LogP contribution >= 0.6 is 11.6 Å². The van der Waals surface area contributed by atoms with Gasteiger partial charge in [0.1, 0.15) is 16.9 Å².